The molecule has 24 heavy (non-hydrogen) atoms. The minimum absolute atomic E-state index is 0.208. The normalized spacial score (nSPS) is 17.9. The largest absolute Gasteiger partial charge is 0.393 e. The summed E-state index contributed by atoms with van der Waals surface area (Å²) in [7, 11) is 0. The zero-order valence-corrected chi connectivity index (χ0v) is 14.9. The van der Waals surface area contributed by atoms with Gasteiger partial charge in [0.05, 0.1) is 12.8 Å². The molecule has 0 spiro atoms. The van der Waals surface area contributed by atoms with E-state index in [4.69, 9.17) is 12.2 Å². The third-order valence-electron chi connectivity index (χ3n) is 4.78. The van der Waals surface area contributed by atoms with Crippen LogP contribution in [-0.2, 0) is 19.6 Å². The van der Waals surface area contributed by atoms with Crippen LogP contribution in [0.5, 0.6) is 0 Å². The summed E-state index contributed by atoms with van der Waals surface area (Å²) < 4.78 is 4.65. The molecule has 0 aliphatic carbocycles. The molecule has 6 nitrogen and oxygen atoms in total. The van der Waals surface area contributed by atoms with E-state index >= 15 is 0 Å². The molecule has 1 atom stereocenters. The molecule has 2 aromatic rings. The lowest BCUT2D eigenvalue weighted by atomic mass is 9.92. The smallest absolute Gasteiger partial charge is 0.198 e. The molecule has 1 N–H and O–H groups in total. The van der Waals surface area contributed by atoms with E-state index in [0.717, 1.165) is 56.0 Å². The lowest BCUT2D eigenvalue weighted by Gasteiger charge is -2.32. The van der Waals surface area contributed by atoms with Gasteiger partial charge in [0, 0.05) is 37.9 Å². The maximum atomic E-state index is 9.69. The highest BCUT2D eigenvalue weighted by Gasteiger charge is 2.22. The fourth-order valence-corrected chi connectivity index (χ4v) is 3.41. The van der Waals surface area contributed by atoms with Gasteiger partial charge in [0.15, 0.2) is 4.77 Å². The van der Waals surface area contributed by atoms with Crippen molar-refractivity contribution in [2.24, 2.45) is 5.92 Å². The maximum absolute atomic E-state index is 9.69. The second-order valence-electron chi connectivity index (χ2n) is 6.52. The van der Waals surface area contributed by atoms with E-state index in [1.54, 1.807) is 0 Å². The number of piperidine rings is 1. The van der Waals surface area contributed by atoms with Crippen molar-refractivity contribution >= 4 is 12.2 Å². The van der Waals surface area contributed by atoms with E-state index < -0.39 is 0 Å². The van der Waals surface area contributed by atoms with Crippen molar-refractivity contribution in [3.05, 3.63) is 41.2 Å². The highest BCUT2D eigenvalue weighted by atomic mass is 32.1. The van der Waals surface area contributed by atoms with E-state index in [2.05, 4.69) is 15.0 Å². The second-order valence-corrected chi connectivity index (χ2v) is 6.88. The van der Waals surface area contributed by atoms with Gasteiger partial charge in [-0.3, -0.25) is 9.88 Å². The molecule has 1 fully saturated rings. The van der Waals surface area contributed by atoms with Gasteiger partial charge in [-0.05, 0) is 50.0 Å². The van der Waals surface area contributed by atoms with Gasteiger partial charge < -0.3 is 9.67 Å². The first-order valence-electron chi connectivity index (χ1n) is 8.56. The molecule has 2 aromatic heterocycles. The van der Waals surface area contributed by atoms with Crippen LogP contribution in [0.25, 0.3) is 0 Å². The number of rotatable bonds is 6. The lowest BCUT2D eigenvalue weighted by Crippen LogP contribution is -2.38. The fraction of sp³-hybridized carbons (Fsp3) is 0.588. The molecular formula is C17H25N5OS. The Hall–Kier alpha value is -1.57. The molecule has 7 heteroatoms. The average Bonchev–Trinajstić information content (AvgIpc) is 2.94. The Labute approximate surface area is 147 Å². The number of aryl methyl sites for hydroxylation is 2. The summed E-state index contributed by atoms with van der Waals surface area (Å²) in [5, 5.41) is 14.1. The van der Waals surface area contributed by atoms with Crippen LogP contribution in [0, 0.1) is 10.7 Å². The third kappa shape index (κ3) is 4.28. The SMILES string of the molecule is CC(O)C1CCN(Cn2ncn(CCc3ccccn3)c2=S)CC1. The molecule has 130 valence electrons. The minimum atomic E-state index is -0.208. The molecule has 0 amide bonds. The molecule has 3 rings (SSSR count). The molecule has 1 aliphatic heterocycles. The van der Waals surface area contributed by atoms with Gasteiger partial charge >= 0.3 is 0 Å². The first kappa shape index (κ1) is 17.3. The summed E-state index contributed by atoms with van der Waals surface area (Å²) in [5.74, 6) is 0.421. The van der Waals surface area contributed by atoms with Crippen LogP contribution in [0.1, 0.15) is 25.5 Å². The van der Waals surface area contributed by atoms with E-state index in [0.29, 0.717) is 5.92 Å². The highest BCUT2D eigenvalue weighted by molar-refractivity contribution is 7.71. The van der Waals surface area contributed by atoms with Gasteiger partial charge in [-0.2, -0.15) is 5.10 Å². The van der Waals surface area contributed by atoms with Crippen molar-refractivity contribution in [1.82, 2.24) is 24.2 Å². The molecule has 1 saturated heterocycles. The third-order valence-corrected chi connectivity index (χ3v) is 5.23. The Bertz CT molecular complexity index is 689. The summed E-state index contributed by atoms with van der Waals surface area (Å²) in [6, 6.07) is 5.95. The molecule has 0 saturated carbocycles. The van der Waals surface area contributed by atoms with Crippen molar-refractivity contribution in [3.8, 4) is 0 Å². The predicted molar refractivity (Wildman–Crippen MR) is 95.0 cm³/mol. The number of pyridine rings is 1. The van der Waals surface area contributed by atoms with E-state index in [1.807, 2.05) is 46.9 Å². The monoisotopic (exact) mass is 347 g/mol. The standard InChI is InChI=1S/C17H25N5OS/c1-14(23)15-5-9-20(10-6-15)13-22-17(24)21(12-19-22)11-7-16-4-2-3-8-18-16/h2-4,8,12,14-15,23H,5-7,9-11,13H2,1H3. The first-order valence-corrected chi connectivity index (χ1v) is 8.97. The Morgan fingerprint density at radius 1 is 1.33 bits per heavy atom. The van der Waals surface area contributed by atoms with Gasteiger partial charge in [-0.15, -0.1) is 0 Å². The topological polar surface area (TPSA) is 59.1 Å². The quantitative estimate of drug-likeness (QED) is 0.811. The molecule has 0 bridgehead atoms. The van der Waals surface area contributed by atoms with Crippen LogP contribution in [0.4, 0.5) is 0 Å². The van der Waals surface area contributed by atoms with Gasteiger partial charge in [-0.25, -0.2) is 4.68 Å². The summed E-state index contributed by atoms with van der Waals surface area (Å²) in [4.78, 5) is 6.69. The highest BCUT2D eigenvalue weighted by Crippen LogP contribution is 2.20. The Balaban J connectivity index is 1.54. The minimum Gasteiger partial charge on any atom is -0.393 e. The molecule has 1 aliphatic rings. The molecule has 0 radical (unpaired) electrons. The number of hydrogen-bond acceptors (Lipinski definition) is 5. The van der Waals surface area contributed by atoms with Crippen LogP contribution in [0.3, 0.4) is 0 Å². The van der Waals surface area contributed by atoms with Crippen molar-refractivity contribution in [1.29, 1.82) is 0 Å². The molecule has 0 aromatic carbocycles. The number of aromatic nitrogens is 4. The van der Waals surface area contributed by atoms with Crippen molar-refractivity contribution in [3.63, 3.8) is 0 Å². The van der Waals surface area contributed by atoms with Crippen LogP contribution >= 0.6 is 12.2 Å². The second kappa shape index (κ2) is 8.00. The summed E-state index contributed by atoms with van der Waals surface area (Å²) in [6.07, 6.45) is 6.33. The first-order chi connectivity index (χ1) is 11.6. The van der Waals surface area contributed by atoms with Crippen LogP contribution < -0.4 is 0 Å². The zero-order chi connectivity index (χ0) is 16.9. The fourth-order valence-electron chi connectivity index (χ4n) is 3.17. The maximum Gasteiger partial charge on any atom is 0.198 e. The molecule has 1 unspecified atom stereocenters. The van der Waals surface area contributed by atoms with Gasteiger partial charge in [0.25, 0.3) is 0 Å². The number of likely N-dealkylation sites (tertiary alicyclic amines) is 1. The van der Waals surface area contributed by atoms with E-state index in [-0.39, 0.29) is 6.10 Å². The van der Waals surface area contributed by atoms with Gasteiger partial charge in [-0.1, -0.05) is 6.07 Å². The lowest BCUT2D eigenvalue weighted by molar-refractivity contribution is 0.0591. The predicted octanol–water partition coefficient (Wildman–Crippen LogP) is 2.10. The Kier molecular flexibility index (Phi) is 5.76. The van der Waals surface area contributed by atoms with Crippen LogP contribution in [0.2, 0.25) is 0 Å². The average molecular weight is 347 g/mol. The number of aliphatic hydroxyl groups is 1. The summed E-state index contributed by atoms with van der Waals surface area (Å²) >= 11 is 5.55. The zero-order valence-electron chi connectivity index (χ0n) is 14.1. The van der Waals surface area contributed by atoms with Gasteiger partial charge in [0.1, 0.15) is 6.33 Å². The molecule has 3 heterocycles. The Morgan fingerprint density at radius 2 is 2.12 bits per heavy atom. The van der Waals surface area contributed by atoms with E-state index in [9.17, 15) is 5.11 Å². The van der Waals surface area contributed by atoms with Crippen molar-refractivity contribution in [2.45, 2.75) is 45.5 Å². The summed E-state index contributed by atoms with van der Waals surface area (Å²) in [5.41, 5.74) is 1.06. The van der Waals surface area contributed by atoms with Crippen LogP contribution in [-0.4, -0.2) is 48.5 Å². The van der Waals surface area contributed by atoms with E-state index in [1.165, 1.54) is 0 Å². The van der Waals surface area contributed by atoms with Crippen molar-refractivity contribution in [2.75, 3.05) is 13.1 Å². The van der Waals surface area contributed by atoms with Gasteiger partial charge in [0.2, 0.25) is 0 Å². The Morgan fingerprint density at radius 3 is 2.79 bits per heavy atom. The van der Waals surface area contributed by atoms with Crippen LogP contribution in [0.15, 0.2) is 30.7 Å². The van der Waals surface area contributed by atoms with Crippen molar-refractivity contribution < 1.29 is 5.11 Å². The number of aliphatic hydroxyl groups excluding tert-OH is 1. The molecular weight excluding hydrogens is 322 g/mol. The number of hydrogen-bond donors (Lipinski definition) is 1. The number of nitrogens with zero attached hydrogens (tertiary/aromatic N) is 5. The summed E-state index contributed by atoms with van der Waals surface area (Å²) in [6.45, 7) is 5.37.